The number of nitrogen functional groups attached to an aromatic ring is 1. The lowest BCUT2D eigenvalue weighted by Crippen LogP contribution is -2.24. The van der Waals surface area contributed by atoms with Crippen LogP contribution in [0.5, 0.6) is 0 Å². The van der Waals surface area contributed by atoms with Crippen LogP contribution in [0.4, 0.5) is 5.69 Å². The molecule has 0 aliphatic carbocycles. The highest BCUT2D eigenvalue weighted by molar-refractivity contribution is 5.96. The van der Waals surface area contributed by atoms with Crippen LogP contribution in [0, 0.1) is 0 Å². The molecule has 0 aliphatic heterocycles. The molecule has 7 nitrogen and oxygen atoms in total. The number of anilines is 1. The molecule has 1 aromatic carbocycles. The van der Waals surface area contributed by atoms with E-state index in [4.69, 9.17) is 10.2 Å². The lowest BCUT2D eigenvalue weighted by Gasteiger charge is -2.01. The summed E-state index contributed by atoms with van der Waals surface area (Å²) in [4.78, 5) is 16.0. The van der Waals surface area contributed by atoms with Gasteiger partial charge in [-0.2, -0.15) is 5.10 Å². The second kappa shape index (κ2) is 5.66. The molecule has 0 aliphatic rings. The Bertz CT molecular complexity index is 748. The number of furan rings is 1. The average Bonchev–Trinajstić information content (AvgIpc) is 3.11. The molecule has 3 aromatic rings. The van der Waals surface area contributed by atoms with E-state index in [-0.39, 0.29) is 11.7 Å². The Kier molecular flexibility index (Phi) is 3.55. The summed E-state index contributed by atoms with van der Waals surface area (Å²) in [5, 5.41) is 10.2. The molecule has 0 atom stereocenters. The van der Waals surface area contributed by atoms with Gasteiger partial charge in [-0.15, -0.1) is 0 Å². The van der Waals surface area contributed by atoms with E-state index in [0.717, 1.165) is 24.1 Å². The van der Waals surface area contributed by atoms with Crippen LogP contribution >= 0.6 is 0 Å². The molecule has 0 saturated heterocycles. The van der Waals surface area contributed by atoms with Gasteiger partial charge in [0.1, 0.15) is 17.7 Å². The van der Waals surface area contributed by atoms with E-state index in [1.807, 2.05) is 0 Å². The van der Waals surface area contributed by atoms with Gasteiger partial charge in [0.15, 0.2) is 5.76 Å². The highest BCUT2D eigenvalue weighted by atomic mass is 16.3. The molecule has 0 bridgehead atoms. The molecule has 3 rings (SSSR count). The number of carbonyl (C=O) groups excluding carboxylic acids is 1. The van der Waals surface area contributed by atoms with Crippen molar-refractivity contribution in [1.29, 1.82) is 0 Å². The summed E-state index contributed by atoms with van der Waals surface area (Å²) in [6.45, 7) is 0.540. The fraction of sp³-hybridized carbons (Fsp3) is 0.214. The van der Waals surface area contributed by atoms with Crippen molar-refractivity contribution >= 4 is 22.6 Å². The van der Waals surface area contributed by atoms with Crippen LogP contribution in [0.1, 0.15) is 22.8 Å². The molecule has 0 spiro atoms. The highest BCUT2D eigenvalue weighted by Gasteiger charge is 2.11. The number of fused-ring (bicyclic) bond motifs is 1. The molecule has 2 heterocycles. The van der Waals surface area contributed by atoms with E-state index < -0.39 is 0 Å². The van der Waals surface area contributed by atoms with E-state index in [9.17, 15) is 4.79 Å². The number of hydrogen-bond donors (Lipinski definition) is 3. The minimum Gasteiger partial charge on any atom is -0.451 e. The minimum absolute atomic E-state index is 0.234. The number of benzene rings is 1. The van der Waals surface area contributed by atoms with Gasteiger partial charge < -0.3 is 15.5 Å². The van der Waals surface area contributed by atoms with Crippen molar-refractivity contribution in [1.82, 2.24) is 20.5 Å². The zero-order valence-corrected chi connectivity index (χ0v) is 11.3. The largest absolute Gasteiger partial charge is 0.451 e. The van der Waals surface area contributed by atoms with Crippen molar-refractivity contribution in [3.8, 4) is 0 Å². The third-order valence-corrected chi connectivity index (χ3v) is 3.10. The number of nitrogens with one attached hydrogen (secondary N) is 2. The molecule has 4 N–H and O–H groups in total. The van der Waals surface area contributed by atoms with Crippen molar-refractivity contribution in [2.45, 2.75) is 12.8 Å². The lowest BCUT2D eigenvalue weighted by molar-refractivity contribution is 0.0927. The average molecular weight is 285 g/mol. The van der Waals surface area contributed by atoms with E-state index in [2.05, 4.69) is 20.5 Å². The summed E-state index contributed by atoms with van der Waals surface area (Å²) < 4.78 is 5.49. The monoisotopic (exact) mass is 285 g/mol. The predicted octanol–water partition coefficient (Wildman–Crippen LogP) is 1.50. The third kappa shape index (κ3) is 3.02. The minimum atomic E-state index is -0.234. The molecule has 0 saturated carbocycles. The molecule has 2 aromatic heterocycles. The standard InChI is InChI=1S/C14H15N5O2/c15-10-3-4-11-9(6-10)7-12(21-11)14(20)16-5-1-2-13-17-8-18-19-13/h3-4,6-8H,1-2,5,15H2,(H,16,20)(H,17,18,19). The molecule has 1 amide bonds. The van der Waals surface area contributed by atoms with Gasteiger partial charge in [0.2, 0.25) is 0 Å². The van der Waals surface area contributed by atoms with E-state index in [1.165, 1.54) is 6.33 Å². The second-order valence-corrected chi connectivity index (χ2v) is 4.70. The number of H-pyrrole nitrogens is 1. The first-order valence-electron chi connectivity index (χ1n) is 6.64. The molecule has 0 fully saturated rings. The molecule has 0 unspecified atom stereocenters. The van der Waals surface area contributed by atoms with Crippen molar-refractivity contribution in [2.24, 2.45) is 0 Å². The van der Waals surface area contributed by atoms with Crippen molar-refractivity contribution in [3.05, 3.63) is 42.2 Å². The van der Waals surface area contributed by atoms with Crippen LogP contribution in [-0.2, 0) is 6.42 Å². The SMILES string of the molecule is Nc1ccc2oc(C(=O)NCCCc3ncn[nH]3)cc2c1. The smallest absolute Gasteiger partial charge is 0.287 e. The maximum atomic E-state index is 12.0. The molecular weight excluding hydrogens is 270 g/mol. The van der Waals surface area contributed by atoms with Gasteiger partial charge in [-0.1, -0.05) is 0 Å². The number of carbonyl (C=O) groups is 1. The number of aromatic amines is 1. The van der Waals surface area contributed by atoms with Crippen LogP contribution in [-0.4, -0.2) is 27.6 Å². The first kappa shape index (κ1) is 13.2. The number of nitrogens with zero attached hydrogens (tertiary/aromatic N) is 2. The Labute approximate surface area is 120 Å². The van der Waals surface area contributed by atoms with Crippen molar-refractivity contribution < 1.29 is 9.21 Å². The van der Waals surface area contributed by atoms with Gasteiger partial charge >= 0.3 is 0 Å². The topological polar surface area (TPSA) is 110 Å². The maximum absolute atomic E-state index is 12.0. The number of amides is 1. The van der Waals surface area contributed by atoms with Gasteiger partial charge in [0.05, 0.1) is 0 Å². The third-order valence-electron chi connectivity index (χ3n) is 3.10. The van der Waals surface area contributed by atoms with Crippen LogP contribution in [0.15, 0.2) is 35.0 Å². The summed E-state index contributed by atoms with van der Waals surface area (Å²) >= 11 is 0. The Morgan fingerprint density at radius 3 is 3.10 bits per heavy atom. The Balaban J connectivity index is 1.56. The number of nitrogens with two attached hydrogens (primary N) is 1. The second-order valence-electron chi connectivity index (χ2n) is 4.70. The first-order chi connectivity index (χ1) is 10.2. The molecule has 21 heavy (non-hydrogen) atoms. The quantitative estimate of drug-likeness (QED) is 0.486. The Morgan fingerprint density at radius 1 is 1.38 bits per heavy atom. The molecule has 0 radical (unpaired) electrons. The summed E-state index contributed by atoms with van der Waals surface area (Å²) in [7, 11) is 0. The van der Waals surface area contributed by atoms with Gasteiger partial charge in [0, 0.05) is 24.0 Å². The van der Waals surface area contributed by atoms with Crippen LogP contribution in [0.25, 0.3) is 11.0 Å². The fourth-order valence-electron chi connectivity index (χ4n) is 2.07. The molecular formula is C14H15N5O2. The lowest BCUT2D eigenvalue weighted by atomic mass is 10.2. The fourth-order valence-corrected chi connectivity index (χ4v) is 2.07. The number of rotatable bonds is 5. The zero-order valence-electron chi connectivity index (χ0n) is 11.3. The van der Waals surface area contributed by atoms with E-state index >= 15 is 0 Å². The number of hydrogen-bond acceptors (Lipinski definition) is 5. The van der Waals surface area contributed by atoms with Crippen LogP contribution < -0.4 is 11.1 Å². The van der Waals surface area contributed by atoms with Gasteiger partial charge in [-0.25, -0.2) is 4.98 Å². The predicted molar refractivity (Wildman–Crippen MR) is 77.7 cm³/mol. The number of aryl methyl sites for hydroxylation is 1. The zero-order chi connectivity index (χ0) is 14.7. The summed E-state index contributed by atoms with van der Waals surface area (Å²) in [6.07, 6.45) is 2.97. The highest BCUT2D eigenvalue weighted by Crippen LogP contribution is 2.21. The normalized spacial score (nSPS) is 10.9. The van der Waals surface area contributed by atoms with E-state index in [1.54, 1.807) is 24.3 Å². The van der Waals surface area contributed by atoms with Gasteiger partial charge in [-0.05, 0) is 30.7 Å². The van der Waals surface area contributed by atoms with Gasteiger partial charge in [0.25, 0.3) is 5.91 Å². The Morgan fingerprint density at radius 2 is 2.29 bits per heavy atom. The van der Waals surface area contributed by atoms with Crippen molar-refractivity contribution in [2.75, 3.05) is 12.3 Å². The molecule has 108 valence electrons. The van der Waals surface area contributed by atoms with Crippen molar-refractivity contribution in [3.63, 3.8) is 0 Å². The molecule has 7 heteroatoms. The first-order valence-corrected chi connectivity index (χ1v) is 6.64. The Hall–Kier alpha value is -2.83. The summed E-state index contributed by atoms with van der Waals surface area (Å²) in [6, 6.07) is 6.97. The van der Waals surface area contributed by atoms with E-state index in [0.29, 0.717) is 17.8 Å². The van der Waals surface area contributed by atoms with Crippen LogP contribution in [0.2, 0.25) is 0 Å². The summed E-state index contributed by atoms with van der Waals surface area (Å²) in [5.41, 5.74) is 6.99. The number of aromatic nitrogens is 3. The summed E-state index contributed by atoms with van der Waals surface area (Å²) in [5.74, 6) is 0.862. The van der Waals surface area contributed by atoms with Gasteiger partial charge in [-0.3, -0.25) is 9.89 Å². The maximum Gasteiger partial charge on any atom is 0.287 e. The van der Waals surface area contributed by atoms with Crippen LogP contribution in [0.3, 0.4) is 0 Å².